The summed E-state index contributed by atoms with van der Waals surface area (Å²) in [6.07, 6.45) is 1.99. The zero-order chi connectivity index (χ0) is 13.5. The molecule has 0 aromatic rings. The third-order valence-electron chi connectivity index (χ3n) is 3.74. The first-order valence-electron chi connectivity index (χ1n) is 6.14. The number of carboxylic acid groups (broad SMARTS) is 1. The number of rotatable bonds is 5. The monoisotopic (exact) mass is 254 g/mol. The summed E-state index contributed by atoms with van der Waals surface area (Å²) in [4.78, 5) is 34.1. The summed E-state index contributed by atoms with van der Waals surface area (Å²) in [6.45, 7) is 3.43. The summed E-state index contributed by atoms with van der Waals surface area (Å²) in [5.41, 5.74) is -0.525. The van der Waals surface area contributed by atoms with Gasteiger partial charge in [0.05, 0.1) is 18.4 Å². The maximum atomic E-state index is 11.8. The van der Waals surface area contributed by atoms with Crippen molar-refractivity contribution < 1.29 is 19.5 Å². The van der Waals surface area contributed by atoms with Crippen LogP contribution in [0.2, 0.25) is 0 Å². The Bertz CT molecular complexity index is 401. The van der Waals surface area contributed by atoms with Crippen molar-refractivity contribution in [2.24, 2.45) is 17.3 Å². The fourth-order valence-electron chi connectivity index (χ4n) is 2.37. The van der Waals surface area contributed by atoms with Gasteiger partial charge in [0.15, 0.2) is 0 Å². The molecule has 100 valence electrons. The molecule has 0 unspecified atom stereocenters. The molecule has 2 aliphatic rings. The van der Waals surface area contributed by atoms with Gasteiger partial charge in [-0.2, -0.15) is 0 Å². The van der Waals surface area contributed by atoms with Gasteiger partial charge in [-0.25, -0.2) is 0 Å². The van der Waals surface area contributed by atoms with Crippen LogP contribution in [-0.4, -0.2) is 35.5 Å². The molecule has 6 heteroatoms. The third-order valence-corrected chi connectivity index (χ3v) is 3.74. The van der Waals surface area contributed by atoms with Crippen molar-refractivity contribution in [3.63, 3.8) is 0 Å². The molecule has 2 saturated carbocycles. The van der Waals surface area contributed by atoms with Crippen LogP contribution >= 0.6 is 0 Å². The van der Waals surface area contributed by atoms with Crippen LogP contribution in [0.1, 0.15) is 26.7 Å². The molecule has 0 aromatic carbocycles. The molecular weight excluding hydrogens is 236 g/mol. The average molecular weight is 254 g/mol. The van der Waals surface area contributed by atoms with E-state index in [4.69, 9.17) is 5.11 Å². The van der Waals surface area contributed by atoms with E-state index in [1.807, 2.05) is 0 Å². The topological polar surface area (TPSA) is 95.5 Å². The number of amides is 2. The summed E-state index contributed by atoms with van der Waals surface area (Å²) < 4.78 is 0. The van der Waals surface area contributed by atoms with Crippen LogP contribution in [0.15, 0.2) is 0 Å². The first-order valence-corrected chi connectivity index (χ1v) is 6.14. The Hall–Kier alpha value is -1.59. The van der Waals surface area contributed by atoms with E-state index < -0.39 is 23.2 Å². The molecule has 2 amide bonds. The Morgan fingerprint density at radius 2 is 1.83 bits per heavy atom. The second kappa shape index (κ2) is 4.26. The molecule has 18 heavy (non-hydrogen) atoms. The normalized spacial score (nSPS) is 28.3. The fraction of sp³-hybridized carbons (Fsp3) is 0.750. The molecule has 0 aliphatic heterocycles. The predicted octanol–water partition coefficient (Wildman–Crippen LogP) is -0.262. The van der Waals surface area contributed by atoms with Crippen molar-refractivity contribution in [1.29, 1.82) is 0 Å². The number of aliphatic carboxylic acids is 1. The summed E-state index contributed by atoms with van der Waals surface area (Å²) in [6, 6.07) is 0.263. The zero-order valence-corrected chi connectivity index (χ0v) is 10.5. The molecule has 3 N–H and O–H groups in total. The minimum Gasteiger partial charge on any atom is -0.481 e. The SMILES string of the molecule is CC1(C)[C@H](C(=O)O)[C@@H]1C(=O)NCC(=O)NC1CC1. The number of nitrogens with one attached hydrogen (secondary N) is 2. The second-order valence-electron chi connectivity index (χ2n) is 5.67. The van der Waals surface area contributed by atoms with Crippen LogP contribution in [0.5, 0.6) is 0 Å². The van der Waals surface area contributed by atoms with Crippen molar-refractivity contribution >= 4 is 17.8 Å². The van der Waals surface area contributed by atoms with Gasteiger partial charge in [-0.05, 0) is 18.3 Å². The molecule has 6 nitrogen and oxygen atoms in total. The van der Waals surface area contributed by atoms with Crippen LogP contribution in [-0.2, 0) is 14.4 Å². The van der Waals surface area contributed by atoms with Crippen molar-refractivity contribution in [1.82, 2.24) is 10.6 Å². The van der Waals surface area contributed by atoms with Crippen LogP contribution in [0.4, 0.5) is 0 Å². The lowest BCUT2D eigenvalue weighted by atomic mass is 10.1. The van der Waals surface area contributed by atoms with Crippen molar-refractivity contribution in [2.45, 2.75) is 32.7 Å². The minimum absolute atomic E-state index is 0.0751. The quantitative estimate of drug-likeness (QED) is 0.629. The van der Waals surface area contributed by atoms with Gasteiger partial charge in [0.1, 0.15) is 0 Å². The van der Waals surface area contributed by atoms with Gasteiger partial charge in [0.25, 0.3) is 0 Å². The van der Waals surface area contributed by atoms with E-state index in [0.717, 1.165) is 12.8 Å². The highest BCUT2D eigenvalue weighted by Crippen LogP contribution is 2.58. The highest BCUT2D eigenvalue weighted by Gasteiger charge is 2.65. The van der Waals surface area contributed by atoms with Gasteiger partial charge >= 0.3 is 5.97 Å². The maximum Gasteiger partial charge on any atom is 0.307 e. The molecule has 2 fully saturated rings. The molecule has 2 rings (SSSR count). The van der Waals surface area contributed by atoms with Crippen LogP contribution < -0.4 is 10.6 Å². The lowest BCUT2D eigenvalue weighted by molar-refractivity contribution is -0.140. The van der Waals surface area contributed by atoms with Crippen molar-refractivity contribution in [3.8, 4) is 0 Å². The lowest BCUT2D eigenvalue weighted by Crippen LogP contribution is -2.39. The minimum atomic E-state index is -0.956. The van der Waals surface area contributed by atoms with E-state index in [0.29, 0.717) is 0 Å². The Morgan fingerprint density at radius 1 is 1.22 bits per heavy atom. The van der Waals surface area contributed by atoms with Gasteiger partial charge < -0.3 is 15.7 Å². The third kappa shape index (κ3) is 2.47. The van der Waals surface area contributed by atoms with Crippen molar-refractivity contribution in [3.05, 3.63) is 0 Å². The maximum absolute atomic E-state index is 11.8. The van der Waals surface area contributed by atoms with Crippen LogP contribution in [0, 0.1) is 17.3 Å². The smallest absolute Gasteiger partial charge is 0.307 e. The first kappa shape index (κ1) is 12.9. The average Bonchev–Trinajstić information content (AvgIpc) is 3.12. The largest absolute Gasteiger partial charge is 0.481 e. The predicted molar refractivity (Wildman–Crippen MR) is 62.6 cm³/mol. The van der Waals surface area contributed by atoms with Gasteiger partial charge in [-0.1, -0.05) is 13.8 Å². The van der Waals surface area contributed by atoms with Gasteiger partial charge in [-0.15, -0.1) is 0 Å². The second-order valence-corrected chi connectivity index (χ2v) is 5.67. The van der Waals surface area contributed by atoms with Crippen LogP contribution in [0.3, 0.4) is 0 Å². The summed E-state index contributed by atoms with van der Waals surface area (Å²) in [5.74, 6) is -2.70. The van der Waals surface area contributed by atoms with E-state index in [-0.39, 0.29) is 24.4 Å². The number of hydrogen-bond acceptors (Lipinski definition) is 3. The standard InChI is InChI=1S/C12H18N2O4/c1-12(2)8(9(12)11(17)18)10(16)13-5-7(15)14-6-3-4-6/h6,8-9H,3-5H2,1-2H3,(H,13,16)(H,14,15)(H,17,18)/t8-,9+/m1/s1. The molecular formula is C12H18N2O4. The highest BCUT2D eigenvalue weighted by molar-refractivity contribution is 5.93. The number of carboxylic acids is 1. The number of hydrogen-bond donors (Lipinski definition) is 3. The summed E-state index contributed by atoms with van der Waals surface area (Å²) >= 11 is 0. The van der Waals surface area contributed by atoms with E-state index in [2.05, 4.69) is 10.6 Å². The van der Waals surface area contributed by atoms with E-state index >= 15 is 0 Å². The molecule has 0 bridgehead atoms. The lowest BCUT2D eigenvalue weighted by Gasteiger charge is -2.06. The van der Waals surface area contributed by atoms with Gasteiger partial charge in [0, 0.05) is 6.04 Å². The number of carbonyl (C=O) groups is 3. The molecule has 2 atom stereocenters. The van der Waals surface area contributed by atoms with Gasteiger partial charge in [0.2, 0.25) is 11.8 Å². The first-order chi connectivity index (χ1) is 8.34. The van der Waals surface area contributed by atoms with E-state index in [9.17, 15) is 14.4 Å². The van der Waals surface area contributed by atoms with Crippen molar-refractivity contribution in [2.75, 3.05) is 6.54 Å². The molecule has 0 radical (unpaired) electrons. The Morgan fingerprint density at radius 3 is 2.28 bits per heavy atom. The number of carbonyl (C=O) groups excluding carboxylic acids is 2. The highest BCUT2D eigenvalue weighted by atomic mass is 16.4. The Labute approximate surface area is 105 Å². The molecule has 2 aliphatic carbocycles. The van der Waals surface area contributed by atoms with E-state index in [1.54, 1.807) is 13.8 Å². The molecule has 0 saturated heterocycles. The molecule has 0 aromatic heterocycles. The summed E-state index contributed by atoms with van der Waals surface area (Å²) in [5, 5.41) is 14.2. The van der Waals surface area contributed by atoms with E-state index in [1.165, 1.54) is 0 Å². The fourth-order valence-corrected chi connectivity index (χ4v) is 2.37. The summed E-state index contributed by atoms with van der Waals surface area (Å²) in [7, 11) is 0. The molecule has 0 heterocycles. The Balaban J connectivity index is 1.78. The Kier molecular flexibility index (Phi) is 3.04. The van der Waals surface area contributed by atoms with Crippen LogP contribution in [0.25, 0.3) is 0 Å². The molecule has 0 spiro atoms. The van der Waals surface area contributed by atoms with Gasteiger partial charge in [-0.3, -0.25) is 14.4 Å². The zero-order valence-electron chi connectivity index (χ0n) is 10.5.